The normalized spacial score (nSPS) is 15.4. The molecule has 5 nitrogen and oxygen atoms in total. The Morgan fingerprint density at radius 3 is 2.42 bits per heavy atom. The number of esters is 1. The molecule has 0 saturated carbocycles. The van der Waals surface area contributed by atoms with Crippen molar-refractivity contribution in [3.8, 4) is 5.69 Å². The molecule has 4 rings (SSSR count). The number of aliphatic imine (C=N–C) groups is 1. The van der Waals surface area contributed by atoms with Gasteiger partial charge in [-0.15, -0.1) is 0 Å². The molecule has 1 aliphatic heterocycles. The fourth-order valence-electron chi connectivity index (χ4n) is 2.40. The summed E-state index contributed by atoms with van der Waals surface area (Å²) < 4.78 is 6.98. The quantitative estimate of drug-likeness (QED) is 0.551. The fraction of sp³-hybridized carbons (Fsp3) is 0. The maximum absolute atomic E-state index is 12.0. The van der Waals surface area contributed by atoms with Crippen molar-refractivity contribution in [3.05, 3.63) is 89.9 Å². The summed E-state index contributed by atoms with van der Waals surface area (Å²) in [5.41, 5.74) is 2.77. The largest absolute Gasteiger partial charge is 0.402 e. The number of ether oxygens (including phenoxy) is 1. The van der Waals surface area contributed by atoms with Gasteiger partial charge in [0.05, 0.1) is 11.9 Å². The molecule has 3 aromatic rings. The average Bonchev–Trinajstić information content (AvgIpc) is 3.24. The maximum atomic E-state index is 12.0. The molecule has 116 valence electrons. The van der Waals surface area contributed by atoms with Crippen LogP contribution < -0.4 is 0 Å². The van der Waals surface area contributed by atoms with Crippen molar-refractivity contribution in [2.24, 2.45) is 4.99 Å². The van der Waals surface area contributed by atoms with E-state index >= 15 is 0 Å². The molecule has 0 atom stereocenters. The second kappa shape index (κ2) is 5.96. The van der Waals surface area contributed by atoms with E-state index in [2.05, 4.69) is 10.1 Å². The predicted molar refractivity (Wildman–Crippen MR) is 90.6 cm³/mol. The van der Waals surface area contributed by atoms with Gasteiger partial charge in [-0.25, -0.2) is 14.5 Å². The lowest BCUT2D eigenvalue weighted by molar-refractivity contribution is -0.129. The lowest BCUT2D eigenvalue weighted by Gasteiger charge is -1.98. The molecule has 0 radical (unpaired) electrons. The SMILES string of the molecule is O=C1OC(c2ccccc2)=N/C1=C\c1cnn(-c2ccccc2)c1. The third kappa shape index (κ3) is 2.75. The van der Waals surface area contributed by atoms with E-state index < -0.39 is 5.97 Å². The number of carbonyl (C=O) groups is 1. The lowest BCUT2D eigenvalue weighted by Crippen LogP contribution is -2.04. The zero-order valence-electron chi connectivity index (χ0n) is 12.7. The third-order valence-corrected chi connectivity index (χ3v) is 3.57. The number of hydrogen-bond acceptors (Lipinski definition) is 4. The van der Waals surface area contributed by atoms with E-state index in [0.29, 0.717) is 5.90 Å². The van der Waals surface area contributed by atoms with Crippen LogP contribution in [0.3, 0.4) is 0 Å². The molecular formula is C19H13N3O2. The minimum absolute atomic E-state index is 0.265. The topological polar surface area (TPSA) is 56.5 Å². The van der Waals surface area contributed by atoms with Gasteiger partial charge in [-0.2, -0.15) is 5.10 Å². The van der Waals surface area contributed by atoms with E-state index in [0.717, 1.165) is 16.8 Å². The van der Waals surface area contributed by atoms with Crippen LogP contribution in [0.5, 0.6) is 0 Å². The van der Waals surface area contributed by atoms with Gasteiger partial charge in [-0.05, 0) is 30.3 Å². The highest BCUT2D eigenvalue weighted by atomic mass is 16.6. The van der Waals surface area contributed by atoms with E-state index in [1.54, 1.807) is 17.0 Å². The zero-order valence-corrected chi connectivity index (χ0v) is 12.7. The molecular weight excluding hydrogens is 302 g/mol. The molecule has 0 spiro atoms. The predicted octanol–water partition coefficient (Wildman–Crippen LogP) is 3.22. The summed E-state index contributed by atoms with van der Waals surface area (Å²) >= 11 is 0. The Morgan fingerprint density at radius 2 is 1.67 bits per heavy atom. The van der Waals surface area contributed by atoms with Crippen LogP contribution >= 0.6 is 0 Å². The Bertz CT molecular complexity index is 941. The van der Waals surface area contributed by atoms with Crippen molar-refractivity contribution in [2.45, 2.75) is 0 Å². The number of benzene rings is 2. The first kappa shape index (κ1) is 14.1. The number of rotatable bonds is 3. The number of aromatic nitrogens is 2. The van der Waals surface area contributed by atoms with Crippen molar-refractivity contribution in [3.63, 3.8) is 0 Å². The summed E-state index contributed by atoms with van der Waals surface area (Å²) in [5.74, 6) is -0.136. The highest BCUT2D eigenvalue weighted by molar-refractivity contribution is 6.12. The summed E-state index contributed by atoms with van der Waals surface area (Å²) in [5, 5.41) is 4.30. The maximum Gasteiger partial charge on any atom is 0.363 e. The number of hydrogen-bond donors (Lipinski definition) is 0. The van der Waals surface area contributed by atoms with Crippen LogP contribution in [0.4, 0.5) is 0 Å². The van der Waals surface area contributed by atoms with E-state index in [1.807, 2.05) is 66.9 Å². The number of para-hydroxylation sites is 1. The number of nitrogens with zero attached hydrogens (tertiary/aromatic N) is 3. The number of carbonyl (C=O) groups excluding carboxylic acids is 1. The average molecular weight is 315 g/mol. The molecule has 1 aromatic heterocycles. The Balaban J connectivity index is 1.63. The van der Waals surface area contributed by atoms with Crippen LogP contribution in [-0.4, -0.2) is 21.6 Å². The Labute approximate surface area is 138 Å². The third-order valence-electron chi connectivity index (χ3n) is 3.57. The van der Waals surface area contributed by atoms with Crippen molar-refractivity contribution < 1.29 is 9.53 Å². The summed E-state index contributed by atoms with van der Waals surface area (Å²) in [6.07, 6.45) is 5.19. The molecule has 0 amide bonds. The van der Waals surface area contributed by atoms with Crippen LogP contribution in [0.15, 0.2) is 83.7 Å². The Kier molecular flexibility index (Phi) is 3.51. The zero-order chi connectivity index (χ0) is 16.4. The lowest BCUT2D eigenvalue weighted by atomic mass is 10.2. The standard InChI is InChI=1S/C19H13N3O2/c23-19-17(21-18(24-19)15-7-3-1-4-8-15)11-14-12-20-22(13-14)16-9-5-2-6-10-16/h1-13H/b17-11-. The molecule has 0 aliphatic carbocycles. The first-order chi connectivity index (χ1) is 11.8. The first-order valence-electron chi connectivity index (χ1n) is 7.48. The number of cyclic esters (lactones) is 1. The minimum Gasteiger partial charge on any atom is -0.402 e. The van der Waals surface area contributed by atoms with E-state index in [9.17, 15) is 4.79 Å². The van der Waals surface area contributed by atoms with Crippen LogP contribution in [0, 0.1) is 0 Å². The Morgan fingerprint density at radius 1 is 0.958 bits per heavy atom. The fourth-order valence-corrected chi connectivity index (χ4v) is 2.40. The molecule has 0 fully saturated rings. The molecule has 2 aromatic carbocycles. The van der Waals surface area contributed by atoms with Gasteiger partial charge in [0.2, 0.25) is 5.90 Å². The molecule has 1 aliphatic rings. The summed E-state index contributed by atoms with van der Waals surface area (Å²) in [7, 11) is 0. The van der Waals surface area contributed by atoms with E-state index in [1.165, 1.54) is 0 Å². The second-order valence-electron chi connectivity index (χ2n) is 5.26. The van der Waals surface area contributed by atoms with Crippen LogP contribution in [0.25, 0.3) is 11.8 Å². The summed E-state index contributed by atoms with van der Waals surface area (Å²) in [4.78, 5) is 16.3. The minimum atomic E-state index is -0.457. The summed E-state index contributed by atoms with van der Waals surface area (Å²) in [6.45, 7) is 0. The van der Waals surface area contributed by atoms with Crippen molar-refractivity contribution in [1.82, 2.24) is 9.78 Å². The molecule has 0 saturated heterocycles. The smallest absolute Gasteiger partial charge is 0.363 e. The van der Waals surface area contributed by atoms with Gasteiger partial charge in [0, 0.05) is 17.3 Å². The second-order valence-corrected chi connectivity index (χ2v) is 5.26. The van der Waals surface area contributed by atoms with Crippen LogP contribution in [-0.2, 0) is 9.53 Å². The van der Waals surface area contributed by atoms with Gasteiger partial charge in [0.25, 0.3) is 0 Å². The molecule has 0 bridgehead atoms. The van der Waals surface area contributed by atoms with Gasteiger partial charge in [-0.1, -0.05) is 36.4 Å². The van der Waals surface area contributed by atoms with Crippen molar-refractivity contribution in [1.29, 1.82) is 0 Å². The molecule has 0 unspecified atom stereocenters. The van der Waals surface area contributed by atoms with Gasteiger partial charge in [0.1, 0.15) is 0 Å². The highest BCUT2D eigenvalue weighted by Crippen LogP contribution is 2.19. The van der Waals surface area contributed by atoms with Gasteiger partial charge in [-0.3, -0.25) is 0 Å². The monoisotopic (exact) mass is 315 g/mol. The molecule has 5 heteroatoms. The van der Waals surface area contributed by atoms with Crippen LogP contribution in [0.2, 0.25) is 0 Å². The van der Waals surface area contributed by atoms with E-state index in [4.69, 9.17) is 4.74 Å². The van der Waals surface area contributed by atoms with Crippen molar-refractivity contribution in [2.75, 3.05) is 0 Å². The molecule has 0 N–H and O–H groups in total. The van der Waals surface area contributed by atoms with E-state index in [-0.39, 0.29) is 5.70 Å². The summed E-state index contributed by atoms with van der Waals surface area (Å²) in [6, 6.07) is 19.1. The highest BCUT2D eigenvalue weighted by Gasteiger charge is 2.24. The Hall–Kier alpha value is -3.47. The van der Waals surface area contributed by atoms with Gasteiger partial charge in [0.15, 0.2) is 5.70 Å². The first-order valence-corrected chi connectivity index (χ1v) is 7.48. The molecule has 24 heavy (non-hydrogen) atoms. The van der Waals surface area contributed by atoms with Gasteiger partial charge < -0.3 is 4.74 Å². The van der Waals surface area contributed by atoms with Crippen LogP contribution in [0.1, 0.15) is 11.1 Å². The van der Waals surface area contributed by atoms with Crippen molar-refractivity contribution >= 4 is 17.9 Å². The molecule has 2 heterocycles. The van der Waals surface area contributed by atoms with Gasteiger partial charge >= 0.3 is 5.97 Å².